The number of benzene rings is 2. The molecule has 0 saturated heterocycles. The van der Waals surface area contributed by atoms with E-state index in [9.17, 15) is 10.1 Å². The van der Waals surface area contributed by atoms with Crippen LogP contribution in [0.15, 0.2) is 60.7 Å². The molecule has 1 aliphatic heterocycles. The zero-order valence-corrected chi connectivity index (χ0v) is 13.2. The summed E-state index contributed by atoms with van der Waals surface area (Å²) in [7, 11) is 1.61. The highest BCUT2D eigenvalue weighted by Gasteiger charge is 2.26. The lowest BCUT2D eigenvalue weighted by Crippen LogP contribution is -2.39. The fraction of sp³-hybridized carbons (Fsp3) is 0.100. The average Bonchev–Trinajstić information content (AvgIpc) is 2.65. The summed E-state index contributed by atoms with van der Waals surface area (Å²) < 4.78 is 5.11. The molecule has 0 saturated carbocycles. The summed E-state index contributed by atoms with van der Waals surface area (Å²) in [6.07, 6.45) is 6.83. The van der Waals surface area contributed by atoms with Crippen LogP contribution in [-0.2, 0) is 4.79 Å². The molecule has 0 radical (unpaired) electrons. The third kappa shape index (κ3) is 3.06. The summed E-state index contributed by atoms with van der Waals surface area (Å²) in [4.78, 5) is 14.2. The van der Waals surface area contributed by atoms with Crippen molar-refractivity contribution in [3.8, 4) is 11.8 Å². The standard InChI is InChI=1S/C20H16N2O2/c1-24-18-11-6-15(7-12-18)8-13-20(23)22-17(14-21)10-9-16-4-2-3-5-19(16)22/h2-13,17H,1H3. The normalized spacial score (nSPS) is 15.8. The Morgan fingerprint density at radius 2 is 1.96 bits per heavy atom. The molecule has 118 valence electrons. The first-order valence-corrected chi connectivity index (χ1v) is 7.55. The van der Waals surface area contributed by atoms with Crippen LogP contribution in [-0.4, -0.2) is 19.1 Å². The number of nitriles is 1. The van der Waals surface area contributed by atoms with E-state index in [-0.39, 0.29) is 5.91 Å². The van der Waals surface area contributed by atoms with Crippen molar-refractivity contribution in [3.63, 3.8) is 0 Å². The van der Waals surface area contributed by atoms with Crippen molar-refractivity contribution >= 4 is 23.7 Å². The summed E-state index contributed by atoms with van der Waals surface area (Å²) >= 11 is 0. The van der Waals surface area contributed by atoms with Crippen molar-refractivity contribution in [2.75, 3.05) is 12.0 Å². The summed E-state index contributed by atoms with van der Waals surface area (Å²) in [6, 6.07) is 16.5. The molecule has 1 amide bonds. The first-order valence-electron chi connectivity index (χ1n) is 7.55. The van der Waals surface area contributed by atoms with Gasteiger partial charge in [-0.3, -0.25) is 9.69 Å². The molecule has 0 aromatic heterocycles. The molecule has 3 rings (SSSR count). The molecule has 0 N–H and O–H groups in total. The maximum atomic E-state index is 12.7. The summed E-state index contributed by atoms with van der Waals surface area (Å²) in [6.45, 7) is 0. The number of amides is 1. The molecule has 1 aliphatic rings. The van der Waals surface area contributed by atoms with Crippen LogP contribution in [0, 0.1) is 11.3 Å². The number of fused-ring (bicyclic) bond motifs is 1. The van der Waals surface area contributed by atoms with Crippen LogP contribution in [0.3, 0.4) is 0 Å². The van der Waals surface area contributed by atoms with Crippen LogP contribution in [0.2, 0.25) is 0 Å². The van der Waals surface area contributed by atoms with E-state index in [2.05, 4.69) is 6.07 Å². The minimum absolute atomic E-state index is 0.228. The molecule has 4 nitrogen and oxygen atoms in total. The highest BCUT2D eigenvalue weighted by molar-refractivity contribution is 6.06. The highest BCUT2D eigenvalue weighted by atomic mass is 16.5. The molecule has 1 atom stereocenters. The molecular weight excluding hydrogens is 300 g/mol. The second kappa shape index (κ2) is 6.84. The van der Waals surface area contributed by atoms with E-state index in [1.807, 2.05) is 54.6 Å². The van der Waals surface area contributed by atoms with Gasteiger partial charge in [-0.05, 0) is 41.5 Å². The van der Waals surface area contributed by atoms with E-state index in [4.69, 9.17) is 4.74 Å². The Morgan fingerprint density at radius 3 is 2.67 bits per heavy atom. The number of hydrogen-bond donors (Lipinski definition) is 0. The van der Waals surface area contributed by atoms with E-state index in [0.717, 1.165) is 22.6 Å². The summed E-state index contributed by atoms with van der Waals surface area (Å²) in [5.74, 6) is 0.535. The lowest BCUT2D eigenvalue weighted by Gasteiger charge is -2.29. The Balaban J connectivity index is 1.86. The lowest BCUT2D eigenvalue weighted by molar-refractivity contribution is -0.114. The molecule has 1 heterocycles. The monoisotopic (exact) mass is 316 g/mol. The van der Waals surface area contributed by atoms with E-state index < -0.39 is 6.04 Å². The van der Waals surface area contributed by atoms with E-state index in [1.54, 1.807) is 19.3 Å². The number of carbonyl (C=O) groups excluding carboxylic acids is 1. The Bertz CT molecular complexity index is 845. The Kier molecular flexibility index (Phi) is 4.44. The number of rotatable bonds is 3. The van der Waals surface area contributed by atoms with Crippen LogP contribution >= 0.6 is 0 Å². The van der Waals surface area contributed by atoms with Gasteiger partial charge in [0.15, 0.2) is 0 Å². The number of methoxy groups -OCH3 is 1. The summed E-state index contributed by atoms with van der Waals surface area (Å²) in [5.41, 5.74) is 2.56. The molecular formula is C20H16N2O2. The van der Waals surface area contributed by atoms with E-state index in [1.165, 1.54) is 11.0 Å². The molecule has 0 fully saturated rings. The van der Waals surface area contributed by atoms with Crippen LogP contribution in [0.25, 0.3) is 12.2 Å². The van der Waals surface area contributed by atoms with Crippen LogP contribution in [0.1, 0.15) is 11.1 Å². The van der Waals surface area contributed by atoms with Gasteiger partial charge in [-0.15, -0.1) is 0 Å². The van der Waals surface area contributed by atoms with Crippen LogP contribution in [0.4, 0.5) is 5.69 Å². The third-order valence-corrected chi connectivity index (χ3v) is 3.84. The minimum atomic E-state index is -0.604. The fourth-order valence-corrected chi connectivity index (χ4v) is 2.60. The number of anilines is 1. The molecule has 2 aromatic rings. The SMILES string of the molecule is COc1ccc(C=CC(=O)N2c3ccccc3C=CC2C#N)cc1. The van der Waals surface area contributed by atoms with Gasteiger partial charge in [-0.1, -0.05) is 36.4 Å². The predicted octanol–water partition coefficient (Wildman–Crippen LogP) is 3.66. The van der Waals surface area contributed by atoms with E-state index in [0.29, 0.717) is 0 Å². The van der Waals surface area contributed by atoms with Crippen molar-refractivity contribution in [2.45, 2.75) is 6.04 Å². The summed E-state index contributed by atoms with van der Waals surface area (Å²) in [5, 5.41) is 9.35. The van der Waals surface area contributed by atoms with Gasteiger partial charge < -0.3 is 4.74 Å². The van der Waals surface area contributed by atoms with Gasteiger partial charge in [-0.25, -0.2) is 0 Å². The maximum absolute atomic E-state index is 12.7. The number of ether oxygens (including phenoxy) is 1. The molecule has 1 unspecified atom stereocenters. The van der Waals surface area contributed by atoms with Gasteiger partial charge >= 0.3 is 0 Å². The number of nitrogens with zero attached hydrogens (tertiary/aromatic N) is 2. The Labute approximate surface area is 140 Å². The van der Waals surface area contributed by atoms with Crippen molar-refractivity contribution in [1.82, 2.24) is 0 Å². The van der Waals surface area contributed by atoms with Gasteiger partial charge in [0.05, 0.1) is 18.9 Å². The van der Waals surface area contributed by atoms with Crippen molar-refractivity contribution in [1.29, 1.82) is 5.26 Å². The van der Waals surface area contributed by atoms with Crippen molar-refractivity contribution in [3.05, 3.63) is 71.8 Å². The van der Waals surface area contributed by atoms with Gasteiger partial charge in [0, 0.05) is 6.08 Å². The van der Waals surface area contributed by atoms with Gasteiger partial charge in [-0.2, -0.15) is 5.26 Å². The second-order valence-corrected chi connectivity index (χ2v) is 5.31. The molecule has 2 aromatic carbocycles. The van der Waals surface area contributed by atoms with Crippen LogP contribution < -0.4 is 9.64 Å². The topological polar surface area (TPSA) is 53.3 Å². The predicted molar refractivity (Wildman–Crippen MR) is 94.4 cm³/mol. The smallest absolute Gasteiger partial charge is 0.252 e. The number of carbonyl (C=O) groups is 1. The zero-order chi connectivity index (χ0) is 16.9. The lowest BCUT2D eigenvalue weighted by atomic mass is 10.0. The van der Waals surface area contributed by atoms with Gasteiger partial charge in [0.25, 0.3) is 5.91 Å². The maximum Gasteiger partial charge on any atom is 0.252 e. The first-order chi connectivity index (χ1) is 11.7. The molecule has 0 bridgehead atoms. The van der Waals surface area contributed by atoms with Crippen LogP contribution in [0.5, 0.6) is 5.75 Å². The molecule has 0 spiro atoms. The third-order valence-electron chi connectivity index (χ3n) is 3.84. The number of hydrogen-bond acceptors (Lipinski definition) is 3. The average molecular weight is 316 g/mol. The number of para-hydroxylation sites is 1. The second-order valence-electron chi connectivity index (χ2n) is 5.31. The molecule has 0 aliphatic carbocycles. The molecule has 4 heteroatoms. The van der Waals surface area contributed by atoms with Crippen molar-refractivity contribution in [2.24, 2.45) is 0 Å². The molecule has 24 heavy (non-hydrogen) atoms. The minimum Gasteiger partial charge on any atom is -0.497 e. The van der Waals surface area contributed by atoms with Gasteiger partial charge in [0.2, 0.25) is 0 Å². The zero-order valence-electron chi connectivity index (χ0n) is 13.2. The highest BCUT2D eigenvalue weighted by Crippen LogP contribution is 2.29. The Hall–Kier alpha value is -3.32. The van der Waals surface area contributed by atoms with E-state index >= 15 is 0 Å². The first kappa shape index (κ1) is 15.6. The largest absolute Gasteiger partial charge is 0.497 e. The quantitative estimate of drug-likeness (QED) is 0.812. The van der Waals surface area contributed by atoms with Gasteiger partial charge in [0.1, 0.15) is 11.8 Å². The van der Waals surface area contributed by atoms with Crippen molar-refractivity contribution < 1.29 is 9.53 Å². The fourth-order valence-electron chi connectivity index (χ4n) is 2.60. The Morgan fingerprint density at radius 1 is 1.21 bits per heavy atom.